The van der Waals surface area contributed by atoms with Crippen LogP contribution in [0, 0.1) is 23.7 Å². The minimum atomic E-state index is -1.87. The predicted octanol–water partition coefficient (Wildman–Crippen LogP) is 5.71. The molecule has 24 heavy (non-hydrogen) atoms. The first-order valence-electron chi connectivity index (χ1n) is 8.79. The molecule has 1 heterocycles. The number of rotatable bonds is 5. The number of hydrogen-bond donors (Lipinski definition) is 0. The van der Waals surface area contributed by atoms with Gasteiger partial charge in [-0.25, -0.2) is 0 Å². The molecule has 0 unspecified atom stereocenters. The van der Waals surface area contributed by atoms with Crippen LogP contribution in [0.1, 0.15) is 52.7 Å². The molecule has 0 N–H and O–H groups in total. The molecule has 2 rings (SSSR count). The summed E-state index contributed by atoms with van der Waals surface area (Å²) >= 11 is 0. The Hall–Kier alpha value is -1.97. The normalized spacial score (nSPS) is 12.1. The van der Waals surface area contributed by atoms with E-state index >= 15 is 0 Å². The first-order chi connectivity index (χ1) is 11.3. The van der Waals surface area contributed by atoms with Gasteiger partial charge in [0.1, 0.15) is 0 Å². The predicted molar refractivity (Wildman–Crippen MR) is 106 cm³/mol. The highest BCUT2D eigenvalue weighted by Crippen LogP contribution is 2.45. The molecule has 0 spiro atoms. The summed E-state index contributed by atoms with van der Waals surface area (Å²) in [6.45, 7) is 14.1. The monoisotopic (exact) mass is 336 g/mol. The number of hydrogen-bond acceptors (Lipinski definition) is 1. The fourth-order valence-electron chi connectivity index (χ4n) is 4.86. The fourth-order valence-corrected chi connectivity index (χ4v) is 11.5. The number of benzene rings is 1. The minimum absolute atomic E-state index is 0.404. The molecule has 0 aliphatic heterocycles. The zero-order chi connectivity index (χ0) is 18.1. The molecule has 0 radical (unpaired) electrons. The maximum atomic E-state index is 9.28. The summed E-state index contributed by atoms with van der Waals surface area (Å²) in [5, 5.41) is 10.4. The van der Waals surface area contributed by atoms with Crippen LogP contribution in [0.5, 0.6) is 0 Å². The Kier molecular flexibility index (Phi) is 5.26. The minimum Gasteiger partial charge on any atom is -0.373 e. The fraction of sp³-hybridized carbons (Fsp3) is 0.476. The average molecular weight is 337 g/mol. The van der Waals surface area contributed by atoms with Gasteiger partial charge in [-0.05, 0) is 34.3 Å². The molecule has 1 aromatic carbocycles. The second-order valence-corrected chi connectivity index (χ2v) is 13.3. The molecule has 2 nitrogen and oxygen atoms in total. The summed E-state index contributed by atoms with van der Waals surface area (Å²) in [4.78, 5) is 0. The average Bonchev–Trinajstić information content (AvgIpc) is 2.86. The molecule has 3 heteroatoms. The van der Waals surface area contributed by atoms with E-state index in [1.807, 2.05) is 12.1 Å². The van der Waals surface area contributed by atoms with Crippen molar-refractivity contribution in [2.24, 2.45) is 0 Å². The van der Waals surface area contributed by atoms with Gasteiger partial charge in [0.05, 0.1) is 12.5 Å². The Balaban J connectivity index is 2.95. The van der Waals surface area contributed by atoms with E-state index in [0.29, 0.717) is 23.0 Å². The van der Waals surface area contributed by atoms with Crippen LogP contribution in [0.2, 0.25) is 16.6 Å². The third-order valence-electron chi connectivity index (χ3n) is 5.52. The largest absolute Gasteiger partial charge is 0.373 e. The Morgan fingerprint density at radius 2 is 1.67 bits per heavy atom. The van der Waals surface area contributed by atoms with Gasteiger partial charge in [-0.1, -0.05) is 53.5 Å². The summed E-state index contributed by atoms with van der Waals surface area (Å²) < 4.78 is 2.55. The molecule has 1 aromatic heterocycles. The van der Waals surface area contributed by atoms with Crippen molar-refractivity contribution in [3.8, 4) is 18.4 Å². The van der Waals surface area contributed by atoms with Crippen molar-refractivity contribution in [1.82, 2.24) is 4.23 Å². The molecule has 0 atom stereocenters. The van der Waals surface area contributed by atoms with Crippen molar-refractivity contribution >= 4 is 19.1 Å². The quantitative estimate of drug-likeness (QED) is 0.507. The highest BCUT2D eigenvalue weighted by atomic mass is 28.3. The van der Waals surface area contributed by atoms with Gasteiger partial charge in [-0.15, -0.1) is 6.42 Å². The van der Waals surface area contributed by atoms with Crippen LogP contribution in [-0.2, 0) is 6.42 Å². The van der Waals surface area contributed by atoms with Gasteiger partial charge in [0.25, 0.3) is 0 Å². The van der Waals surface area contributed by atoms with Crippen molar-refractivity contribution in [3.63, 3.8) is 0 Å². The molecule has 0 saturated carbocycles. The molecule has 2 aromatic rings. The van der Waals surface area contributed by atoms with Gasteiger partial charge in [0, 0.05) is 22.7 Å². The van der Waals surface area contributed by atoms with E-state index in [2.05, 4.69) is 70.0 Å². The molecule has 0 aliphatic rings. The lowest BCUT2D eigenvalue weighted by Gasteiger charge is -2.44. The molecule has 0 bridgehead atoms. The number of aromatic nitrogens is 1. The highest BCUT2D eigenvalue weighted by Gasteiger charge is 2.46. The second kappa shape index (κ2) is 6.87. The standard InChI is InChI=1S/C21H28N2Si/c1-8-18-10-9-11-20-21(18)19(12-13-22)14-23(20)24(15(2)3,16(4)5)17(6)7/h1,9-11,14-17H,12H2,2-7H3. The van der Waals surface area contributed by atoms with Crippen LogP contribution in [0.15, 0.2) is 24.4 Å². The van der Waals surface area contributed by atoms with E-state index in [1.165, 1.54) is 5.52 Å². The lowest BCUT2D eigenvalue weighted by molar-refractivity contribution is 0.772. The Labute approximate surface area is 147 Å². The highest BCUT2D eigenvalue weighted by molar-refractivity contribution is 6.82. The van der Waals surface area contributed by atoms with Crippen molar-refractivity contribution in [2.45, 2.75) is 64.6 Å². The van der Waals surface area contributed by atoms with Gasteiger partial charge in [-0.3, -0.25) is 0 Å². The molecular formula is C21H28N2Si. The zero-order valence-corrected chi connectivity index (χ0v) is 16.7. The number of nitriles is 1. The van der Waals surface area contributed by atoms with Crippen molar-refractivity contribution < 1.29 is 0 Å². The van der Waals surface area contributed by atoms with Crippen molar-refractivity contribution in [2.75, 3.05) is 0 Å². The van der Waals surface area contributed by atoms with E-state index in [-0.39, 0.29) is 0 Å². The van der Waals surface area contributed by atoms with Gasteiger partial charge >= 0.3 is 0 Å². The maximum absolute atomic E-state index is 9.28. The van der Waals surface area contributed by atoms with E-state index < -0.39 is 8.24 Å². The van der Waals surface area contributed by atoms with Crippen LogP contribution < -0.4 is 0 Å². The van der Waals surface area contributed by atoms with Crippen LogP contribution in [0.4, 0.5) is 0 Å². The third-order valence-corrected chi connectivity index (χ3v) is 12.3. The summed E-state index contributed by atoms with van der Waals surface area (Å²) in [7, 11) is -1.87. The Bertz CT molecular complexity index is 791. The summed E-state index contributed by atoms with van der Waals surface area (Å²) in [5.41, 5.74) is 4.96. The Morgan fingerprint density at radius 3 is 2.12 bits per heavy atom. The van der Waals surface area contributed by atoms with Gasteiger partial charge in [-0.2, -0.15) is 5.26 Å². The molecule has 0 aliphatic carbocycles. The summed E-state index contributed by atoms with van der Waals surface area (Å²) in [5.74, 6) is 2.81. The van der Waals surface area contributed by atoms with Crippen LogP contribution in [0.3, 0.4) is 0 Å². The second-order valence-electron chi connectivity index (χ2n) is 7.55. The van der Waals surface area contributed by atoms with Crippen LogP contribution in [-0.4, -0.2) is 12.5 Å². The van der Waals surface area contributed by atoms with Gasteiger partial charge < -0.3 is 4.23 Å². The molecule has 0 saturated heterocycles. The summed E-state index contributed by atoms with van der Waals surface area (Å²) in [6, 6.07) is 8.51. The number of terminal acetylenes is 1. The van der Waals surface area contributed by atoms with E-state index in [9.17, 15) is 5.26 Å². The third kappa shape index (κ3) is 2.58. The van der Waals surface area contributed by atoms with Gasteiger partial charge in [0.15, 0.2) is 8.24 Å². The van der Waals surface area contributed by atoms with Gasteiger partial charge in [0.2, 0.25) is 0 Å². The van der Waals surface area contributed by atoms with Crippen molar-refractivity contribution in [1.29, 1.82) is 5.26 Å². The topological polar surface area (TPSA) is 28.7 Å². The van der Waals surface area contributed by atoms with E-state index in [4.69, 9.17) is 6.42 Å². The Morgan fingerprint density at radius 1 is 1.08 bits per heavy atom. The SMILES string of the molecule is C#Cc1cccc2c1c(CC#N)cn2[Si](C(C)C)(C(C)C)C(C)C. The lowest BCUT2D eigenvalue weighted by Crippen LogP contribution is -2.51. The molecular weight excluding hydrogens is 308 g/mol. The smallest absolute Gasteiger partial charge is 0.169 e. The van der Waals surface area contributed by atoms with E-state index in [0.717, 1.165) is 16.5 Å². The van der Waals surface area contributed by atoms with E-state index in [1.54, 1.807) is 0 Å². The lowest BCUT2D eigenvalue weighted by atomic mass is 10.1. The maximum Gasteiger partial charge on any atom is 0.169 e. The number of fused-ring (bicyclic) bond motifs is 1. The van der Waals surface area contributed by atoms with Crippen LogP contribution >= 0.6 is 0 Å². The van der Waals surface area contributed by atoms with Crippen molar-refractivity contribution in [3.05, 3.63) is 35.5 Å². The first kappa shape index (κ1) is 18.4. The molecule has 126 valence electrons. The molecule has 0 fully saturated rings. The van der Waals surface area contributed by atoms with Crippen LogP contribution in [0.25, 0.3) is 10.9 Å². The number of nitrogens with zero attached hydrogens (tertiary/aromatic N) is 2. The summed E-state index contributed by atoms with van der Waals surface area (Å²) in [6.07, 6.45) is 8.39. The zero-order valence-electron chi connectivity index (χ0n) is 15.7. The first-order valence-corrected chi connectivity index (χ1v) is 11.0. The molecule has 0 amide bonds.